The number of carbonyl (C=O) groups excluding carboxylic acids is 2. The fourth-order valence-electron chi connectivity index (χ4n) is 3.38. The Hall–Kier alpha value is -3.09. The van der Waals surface area contributed by atoms with Crippen molar-refractivity contribution in [1.82, 2.24) is 4.90 Å². The third-order valence-corrected chi connectivity index (χ3v) is 4.90. The van der Waals surface area contributed by atoms with Crippen molar-refractivity contribution in [3.8, 4) is 0 Å². The van der Waals surface area contributed by atoms with Crippen LogP contribution in [0.3, 0.4) is 0 Å². The molecule has 1 N–H and O–H groups in total. The summed E-state index contributed by atoms with van der Waals surface area (Å²) in [4.78, 5) is 39.6. The Bertz CT molecular complexity index is 823. The average Bonchev–Trinajstić information content (AvgIpc) is 3.21. The molecule has 2 heterocycles. The fourth-order valence-corrected chi connectivity index (χ4v) is 3.38. The quantitative estimate of drug-likeness (QED) is 0.874. The van der Waals surface area contributed by atoms with Crippen LogP contribution in [0.1, 0.15) is 40.2 Å². The molecule has 1 saturated heterocycles. The van der Waals surface area contributed by atoms with Crippen molar-refractivity contribution in [1.29, 1.82) is 0 Å². The lowest BCUT2D eigenvalue weighted by molar-refractivity contribution is -0.138. The predicted octanol–water partition coefficient (Wildman–Crippen LogP) is 2.88. The zero-order valence-electron chi connectivity index (χ0n) is 15.1. The molecule has 3 rings (SSSR count). The molecular formula is C20H22N2O5. The van der Waals surface area contributed by atoms with Gasteiger partial charge < -0.3 is 19.3 Å². The van der Waals surface area contributed by atoms with E-state index in [2.05, 4.69) is 0 Å². The number of piperidine rings is 1. The smallest absolute Gasteiger partial charge is 0.303 e. The molecule has 2 aromatic rings. The van der Waals surface area contributed by atoms with E-state index in [1.54, 1.807) is 48.3 Å². The molecule has 7 heteroatoms. The SMILES string of the molecule is CN(C(=O)c1ccco1)c1ccccc1C(=O)N1CCC(CC(=O)O)CC1. The van der Waals surface area contributed by atoms with E-state index >= 15 is 0 Å². The largest absolute Gasteiger partial charge is 0.481 e. The van der Waals surface area contributed by atoms with Crippen LogP contribution in [0.4, 0.5) is 5.69 Å². The van der Waals surface area contributed by atoms with Crippen molar-refractivity contribution in [3.05, 3.63) is 54.0 Å². The van der Waals surface area contributed by atoms with Gasteiger partial charge in [0.1, 0.15) is 0 Å². The fraction of sp³-hybridized carbons (Fsp3) is 0.350. The summed E-state index contributed by atoms with van der Waals surface area (Å²) in [6.45, 7) is 1.03. The molecule has 1 aromatic heterocycles. The Labute approximate surface area is 157 Å². The van der Waals surface area contributed by atoms with Gasteiger partial charge in [-0.25, -0.2) is 0 Å². The number of benzene rings is 1. The van der Waals surface area contributed by atoms with Gasteiger partial charge in [-0.05, 0) is 43.0 Å². The topological polar surface area (TPSA) is 91.1 Å². The molecule has 1 aliphatic heterocycles. The van der Waals surface area contributed by atoms with Crippen molar-refractivity contribution in [2.75, 3.05) is 25.0 Å². The molecule has 1 aliphatic rings. The highest BCUT2D eigenvalue weighted by molar-refractivity contribution is 6.09. The maximum Gasteiger partial charge on any atom is 0.303 e. The first-order valence-corrected chi connectivity index (χ1v) is 8.89. The maximum absolute atomic E-state index is 13.0. The van der Waals surface area contributed by atoms with Gasteiger partial charge in [0.25, 0.3) is 11.8 Å². The summed E-state index contributed by atoms with van der Waals surface area (Å²) in [7, 11) is 1.61. The molecule has 0 saturated carbocycles. The second-order valence-corrected chi connectivity index (χ2v) is 6.69. The third kappa shape index (κ3) is 4.19. The summed E-state index contributed by atoms with van der Waals surface area (Å²) in [6, 6.07) is 10.2. The number of carboxylic acid groups (broad SMARTS) is 1. The van der Waals surface area contributed by atoms with Gasteiger partial charge in [0.05, 0.1) is 17.5 Å². The van der Waals surface area contributed by atoms with E-state index in [-0.39, 0.29) is 29.9 Å². The Morgan fingerprint density at radius 2 is 1.85 bits per heavy atom. The Kier molecular flexibility index (Phi) is 5.59. The van der Waals surface area contributed by atoms with E-state index in [1.807, 2.05) is 0 Å². The van der Waals surface area contributed by atoms with Crippen LogP contribution in [0.5, 0.6) is 0 Å². The van der Waals surface area contributed by atoms with Gasteiger partial charge in [0.15, 0.2) is 5.76 Å². The number of para-hydroxylation sites is 1. The van der Waals surface area contributed by atoms with Gasteiger partial charge in [-0.3, -0.25) is 14.4 Å². The summed E-state index contributed by atoms with van der Waals surface area (Å²) in [6.07, 6.45) is 2.90. The molecule has 0 spiro atoms. The number of aliphatic carboxylic acids is 1. The number of hydrogen-bond acceptors (Lipinski definition) is 4. The molecule has 0 bridgehead atoms. The van der Waals surface area contributed by atoms with Gasteiger partial charge in [-0.15, -0.1) is 0 Å². The lowest BCUT2D eigenvalue weighted by atomic mass is 9.93. The molecule has 0 radical (unpaired) electrons. The van der Waals surface area contributed by atoms with E-state index in [1.165, 1.54) is 11.2 Å². The summed E-state index contributed by atoms with van der Waals surface area (Å²) >= 11 is 0. The highest BCUT2D eigenvalue weighted by Gasteiger charge is 2.28. The molecule has 142 valence electrons. The van der Waals surface area contributed by atoms with Gasteiger partial charge in [-0.2, -0.15) is 0 Å². The molecular weight excluding hydrogens is 348 g/mol. The first-order chi connectivity index (χ1) is 13.0. The Balaban J connectivity index is 1.75. The van der Waals surface area contributed by atoms with Crippen LogP contribution in [0, 0.1) is 5.92 Å². The van der Waals surface area contributed by atoms with Gasteiger partial charge >= 0.3 is 5.97 Å². The number of nitrogens with zero attached hydrogens (tertiary/aromatic N) is 2. The van der Waals surface area contributed by atoms with Crippen LogP contribution in [-0.2, 0) is 4.79 Å². The number of anilines is 1. The maximum atomic E-state index is 13.0. The lowest BCUT2D eigenvalue weighted by Gasteiger charge is -2.32. The number of rotatable bonds is 5. The summed E-state index contributed by atoms with van der Waals surface area (Å²) < 4.78 is 5.16. The normalized spacial score (nSPS) is 14.8. The molecule has 1 fully saturated rings. The van der Waals surface area contributed by atoms with Crippen LogP contribution in [0.25, 0.3) is 0 Å². The number of hydrogen-bond donors (Lipinski definition) is 1. The summed E-state index contributed by atoms with van der Waals surface area (Å²) in [5.41, 5.74) is 0.952. The minimum Gasteiger partial charge on any atom is -0.481 e. The van der Waals surface area contributed by atoms with E-state index in [0.717, 1.165) is 0 Å². The van der Waals surface area contributed by atoms with E-state index in [4.69, 9.17) is 9.52 Å². The molecule has 2 amide bonds. The molecule has 0 atom stereocenters. The third-order valence-electron chi connectivity index (χ3n) is 4.90. The summed E-state index contributed by atoms with van der Waals surface area (Å²) in [5.74, 6) is -0.985. The first kappa shape index (κ1) is 18.7. The van der Waals surface area contributed by atoms with Crippen LogP contribution in [0.2, 0.25) is 0 Å². The molecule has 7 nitrogen and oxygen atoms in total. The monoisotopic (exact) mass is 370 g/mol. The molecule has 27 heavy (non-hydrogen) atoms. The molecule has 0 aliphatic carbocycles. The van der Waals surface area contributed by atoms with Crippen molar-refractivity contribution in [2.45, 2.75) is 19.3 Å². The van der Waals surface area contributed by atoms with Gasteiger partial charge in [0, 0.05) is 26.6 Å². The van der Waals surface area contributed by atoms with E-state index in [0.29, 0.717) is 37.2 Å². The van der Waals surface area contributed by atoms with Crippen LogP contribution >= 0.6 is 0 Å². The van der Waals surface area contributed by atoms with Crippen molar-refractivity contribution in [2.24, 2.45) is 5.92 Å². The van der Waals surface area contributed by atoms with Crippen LogP contribution in [0.15, 0.2) is 47.1 Å². The highest BCUT2D eigenvalue weighted by atomic mass is 16.4. The average molecular weight is 370 g/mol. The Morgan fingerprint density at radius 1 is 1.15 bits per heavy atom. The standard InChI is InChI=1S/C20H22N2O5/c1-21(20(26)17-7-4-12-27-17)16-6-3-2-5-15(16)19(25)22-10-8-14(9-11-22)13-18(23)24/h2-7,12,14H,8-11,13H2,1H3,(H,23,24). The first-order valence-electron chi connectivity index (χ1n) is 8.89. The number of carboxylic acids is 1. The zero-order chi connectivity index (χ0) is 19.4. The second kappa shape index (κ2) is 8.07. The lowest BCUT2D eigenvalue weighted by Crippen LogP contribution is -2.39. The minimum atomic E-state index is -0.803. The summed E-state index contributed by atoms with van der Waals surface area (Å²) in [5, 5.41) is 8.92. The Morgan fingerprint density at radius 3 is 2.48 bits per heavy atom. The van der Waals surface area contributed by atoms with Gasteiger partial charge in [-0.1, -0.05) is 12.1 Å². The van der Waals surface area contributed by atoms with Crippen LogP contribution < -0.4 is 4.90 Å². The van der Waals surface area contributed by atoms with Crippen LogP contribution in [-0.4, -0.2) is 47.9 Å². The van der Waals surface area contributed by atoms with E-state index < -0.39 is 5.97 Å². The molecule has 0 unspecified atom stereocenters. The number of likely N-dealkylation sites (tertiary alicyclic amines) is 1. The minimum absolute atomic E-state index is 0.102. The zero-order valence-corrected chi connectivity index (χ0v) is 15.1. The second-order valence-electron chi connectivity index (χ2n) is 6.69. The predicted molar refractivity (Wildman–Crippen MR) is 98.8 cm³/mol. The number of carbonyl (C=O) groups is 3. The van der Waals surface area contributed by atoms with Gasteiger partial charge in [0.2, 0.25) is 0 Å². The number of furan rings is 1. The highest BCUT2D eigenvalue weighted by Crippen LogP contribution is 2.26. The van der Waals surface area contributed by atoms with Crippen molar-refractivity contribution >= 4 is 23.5 Å². The van der Waals surface area contributed by atoms with Crippen molar-refractivity contribution in [3.63, 3.8) is 0 Å². The van der Waals surface area contributed by atoms with E-state index in [9.17, 15) is 14.4 Å². The van der Waals surface area contributed by atoms with Crippen molar-refractivity contribution < 1.29 is 23.9 Å². The number of amides is 2. The molecule has 1 aromatic carbocycles.